The van der Waals surface area contributed by atoms with Gasteiger partial charge in [0.1, 0.15) is 0 Å². The maximum Gasteiger partial charge on any atom is 0.229 e. The second kappa shape index (κ2) is 9.85. The summed E-state index contributed by atoms with van der Waals surface area (Å²) in [6.45, 7) is 6.02. The van der Waals surface area contributed by atoms with Crippen LogP contribution in [0.1, 0.15) is 30.4 Å². The van der Waals surface area contributed by atoms with Gasteiger partial charge in [-0.05, 0) is 60.7 Å². The zero-order valence-electron chi connectivity index (χ0n) is 18.2. The van der Waals surface area contributed by atoms with E-state index in [1.807, 2.05) is 12.1 Å². The molecule has 7 heteroatoms. The molecule has 2 aromatic carbocycles. The molecule has 2 aromatic rings. The Balaban J connectivity index is 1.20. The Kier molecular flexibility index (Phi) is 6.95. The van der Waals surface area contributed by atoms with Crippen molar-refractivity contribution in [3.63, 3.8) is 0 Å². The average molecular weight is 441 g/mol. The molecule has 6 nitrogen and oxygen atoms in total. The Bertz CT molecular complexity index is 1020. The van der Waals surface area contributed by atoms with Crippen molar-refractivity contribution in [2.75, 3.05) is 49.1 Å². The van der Waals surface area contributed by atoms with Crippen LogP contribution in [0.4, 0.5) is 11.4 Å². The van der Waals surface area contributed by atoms with Crippen molar-refractivity contribution in [1.82, 2.24) is 9.80 Å². The van der Waals surface area contributed by atoms with Crippen molar-refractivity contribution >= 4 is 27.0 Å². The Labute approximate surface area is 186 Å². The van der Waals surface area contributed by atoms with Crippen molar-refractivity contribution in [2.24, 2.45) is 0 Å². The van der Waals surface area contributed by atoms with Crippen LogP contribution in [0.25, 0.3) is 5.57 Å². The SMILES string of the molecule is CS(=O)(=O)Nc1ccc2c(c1)CN(CCCCN1CC=C(c3ccccc3)CC1)CN2. The summed E-state index contributed by atoms with van der Waals surface area (Å²) in [6, 6.07) is 16.4. The van der Waals surface area contributed by atoms with Gasteiger partial charge in [0.2, 0.25) is 10.0 Å². The maximum atomic E-state index is 11.5. The van der Waals surface area contributed by atoms with Crippen molar-refractivity contribution in [3.05, 3.63) is 65.7 Å². The summed E-state index contributed by atoms with van der Waals surface area (Å²) in [7, 11) is -3.26. The zero-order chi connectivity index (χ0) is 21.7. The van der Waals surface area contributed by atoms with Gasteiger partial charge in [0.05, 0.1) is 12.9 Å². The first-order valence-corrected chi connectivity index (χ1v) is 12.9. The molecule has 0 amide bonds. The molecular weight excluding hydrogens is 408 g/mol. The van der Waals surface area contributed by atoms with E-state index in [2.05, 4.69) is 56.2 Å². The van der Waals surface area contributed by atoms with Crippen molar-refractivity contribution < 1.29 is 8.42 Å². The van der Waals surface area contributed by atoms with E-state index < -0.39 is 10.0 Å². The monoisotopic (exact) mass is 440 g/mol. The largest absolute Gasteiger partial charge is 0.372 e. The number of hydrogen-bond donors (Lipinski definition) is 2. The molecule has 0 radical (unpaired) electrons. The predicted octanol–water partition coefficient (Wildman–Crippen LogP) is 3.81. The van der Waals surface area contributed by atoms with E-state index in [1.165, 1.54) is 23.8 Å². The van der Waals surface area contributed by atoms with Gasteiger partial charge in [0, 0.05) is 37.6 Å². The molecule has 0 spiro atoms. The molecule has 0 aliphatic carbocycles. The van der Waals surface area contributed by atoms with E-state index in [-0.39, 0.29) is 0 Å². The molecule has 0 bridgehead atoms. The third-order valence-corrected chi connectivity index (χ3v) is 6.54. The van der Waals surface area contributed by atoms with Crippen LogP contribution in [0, 0.1) is 0 Å². The van der Waals surface area contributed by atoms with Crippen LogP contribution in [-0.4, -0.2) is 57.3 Å². The van der Waals surface area contributed by atoms with Gasteiger partial charge in [-0.3, -0.25) is 14.5 Å². The molecule has 0 atom stereocenters. The van der Waals surface area contributed by atoms with E-state index in [9.17, 15) is 8.42 Å². The van der Waals surface area contributed by atoms with E-state index in [0.29, 0.717) is 5.69 Å². The molecule has 0 unspecified atom stereocenters. The summed E-state index contributed by atoms with van der Waals surface area (Å²) in [4.78, 5) is 4.93. The van der Waals surface area contributed by atoms with Gasteiger partial charge in [-0.1, -0.05) is 36.4 Å². The lowest BCUT2D eigenvalue weighted by Gasteiger charge is -2.31. The lowest BCUT2D eigenvalue weighted by atomic mass is 9.99. The predicted molar refractivity (Wildman–Crippen MR) is 129 cm³/mol. The van der Waals surface area contributed by atoms with Crippen LogP contribution in [-0.2, 0) is 16.6 Å². The van der Waals surface area contributed by atoms with Gasteiger partial charge < -0.3 is 5.32 Å². The Morgan fingerprint density at radius 1 is 1.03 bits per heavy atom. The fourth-order valence-electron chi connectivity index (χ4n) is 4.33. The quantitative estimate of drug-likeness (QED) is 0.611. The van der Waals surface area contributed by atoms with Gasteiger partial charge in [0.15, 0.2) is 0 Å². The molecule has 2 N–H and O–H groups in total. The smallest absolute Gasteiger partial charge is 0.229 e. The zero-order valence-corrected chi connectivity index (χ0v) is 19.0. The third-order valence-electron chi connectivity index (χ3n) is 5.93. The number of fused-ring (bicyclic) bond motifs is 1. The molecule has 2 aliphatic rings. The number of nitrogens with one attached hydrogen (secondary N) is 2. The van der Waals surface area contributed by atoms with Crippen LogP contribution >= 0.6 is 0 Å². The number of rotatable bonds is 8. The summed E-state index contributed by atoms with van der Waals surface area (Å²) in [6.07, 6.45) is 7.03. The number of sulfonamides is 1. The second-order valence-corrected chi connectivity index (χ2v) is 10.2. The first-order valence-electron chi connectivity index (χ1n) is 11.0. The minimum atomic E-state index is -3.26. The van der Waals surface area contributed by atoms with Crippen molar-refractivity contribution in [3.8, 4) is 0 Å². The van der Waals surface area contributed by atoms with Crippen LogP contribution in [0.3, 0.4) is 0 Å². The first kappa shape index (κ1) is 21.9. The van der Waals surface area contributed by atoms with Gasteiger partial charge >= 0.3 is 0 Å². The maximum absolute atomic E-state index is 11.5. The normalized spacial score (nSPS) is 17.5. The minimum absolute atomic E-state index is 0.623. The van der Waals surface area contributed by atoms with Gasteiger partial charge in [-0.25, -0.2) is 8.42 Å². The summed E-state index contributed by atoms with van der Waals surface area (Å²) in [5.41, 5.74) is 5.67. The molecular formula is C24H32N4O2S. The standard InChI is InChI=1S/C24H32N4O2S/c1-31(29,30)26-23-9-10-24-22(17-23)18-28(19-25-24)14-6-5-13-27-15-11-21(12-16-27)20-7-3-2-4-8-20/h2-4,7-11,17,25-26H,5-6,12-16,18-19H2,1H3. The third kappa shape index (κ3) is 6.32. The van der Waals surface area contributed by atoms with E-state index in [0.717, 1.165) is 63.5 Å². The molecule has 0 saturated carbocycles. The summed E-state index contributed by atoms with van der Waals surface area (Å²) in [5, 5.41) is 3.44. The Hall–Kier alpha value is -2.35. The van der Waals surface area contributed by atoms with Crippen molar-refractivity contribution in [2.45, 2.75) is 25.8 Å². The number of unbranched alkanes of at least 4 members (excludes halogenated alkanes) is 1. The molecule has 31 heavy (non-hydrogen) atoms. The van der Waals surface area contributed by atoms with E-state index >= 15 is 0 Å². The highest BCUT2D eigenvalue weighted by Gasteiger charge is 2.17. The van der Waals surface area contributed by atoms with Gasteiger partial charge in [0.25, 0.3) is 0 Å². The molecule has 0 aromatic heterocycles. The van der Waals surface area contributed by atoms with Gasteiger partial charge in [-0.2, -0.15) is 0 Å². The van der Waals surface area contributed by atoms with Crippen LogP contribution in [0.5, 0.6) is 0 Å². The Morgan fingerprint density at radius 2 is 1.81 bits per heavy atom. The number of nitrogens with zero attached hydrogens (tertiary/aromatic N) is 2. The highest BCUT2D eigenvalue weighted by Crippen LogP contribution is 2.26. The summed E-state index contributed by atoms with van der Waals surface area (Å²) in [5.74, 6) is 0. The van der Waals surface area contributed by atoms with Crippen LogP contribution < -0.4 is 10.0 Å². The minimum Gasteiger partial charge on any atom is -0.372 e. The molecule has 0 fully saturated rings. The van der Waals surface area contributed by atoms with Crippen LogP contribution in [0.2, 0.25) is 0 Å². The highest BCUT2D eigenvalue weighted by atomic mass is 32.2. The van der Waals surface area contributed by atoms with Gasteiger partial charge in [-0.15, -0.1) is 0 Å². The lowest BCUT2D eigenvalue weighted by Crippen LogP contribution is -2.35. The lowest BCUT2D eigenvalue weighted by molar-refractivity contribution is 0.250. The molecule has 2 heterocycles. The number of hydrogen-bond acceptors (Lipinski definition) is 5. The van der Waals surface area contributed by atoms with E-state index in [1.54, 1.807) is 6.07 Å². The second-order valence-electron chi connectivity index (χ2n) is 8.49. The summed E-state index contributed by atoms with van der Waals surface area (Å²) >= 11 is 0. The topological polar surface area (TPSA) is 64.7 Å². The first-order chi connectivity index (χ1) is 15.0. The molecule has 0 saturated heterocycles. The Morgan fingerprint density at radius 3 is 2.52 bits per heavy atom. The summed E-state index contributed by atoms with van der Waals surface area (Å²) < 4.78 is 25.5. The molecule has 4 rings (SSSR count). The van der Waals surface area contributed by atoms with E-state index in [4.69, 9.17) is 0 Å². The number of anilines is 2. The molecule has 2 aliphatic heterocycles. The number of benzene rings is 2. The van der Waals surface area contributed by atoms with Crippen LogP contribution in [0.15, 0.2) is 54.6 Å². The fraction of sp³-hybridized carbons (Fsp3) is 0.417. The average Bonchev–Trinajstić information content (AvgIpc) is 2.76. The fourth-order valence-corrected chi connectivity index (χ4v) is 4.88. The van der Waals surface area contributed by atoms with Crippen molar-refractivity contribution in [1.29, 1.82) is 0 Å². The molecule has 166 valence electrons. The highest BCUT2D eigenvalue weighted by molar-refractivity contribution is 7.92.